The van der Waals surface area contributed by atoms with Gasteiger partial charge < -0.3 is 4.90 Å². The number of aromatic amines is 1. The van der Waals surface area contributed by atoms with Gasteiger partial charge in [0.25, 0.3) is 5.91 Å². The van der Waals surface area contributed by atoms with Crippen LogP contribution in [0.25, 0.3) is 11.3 Å². The van der Waals surface area contributed by atoms with Crippen LogP contribution in [-0.4, -0.2) is 26.0 Å². The van der Waals surface area contributed by atoms with Gasteiger partial charge in [-0.05, 0) is 18.2 Å². The molecule has 0 atom stereocenters. The van der Waals surface area contributed by atoms with E-state index >= 15 is 0 Å². The summed E-state index contributed by atoms with van der Waals surface area (Å²) in [7, 11) is 0. The van der Waals surface area contributed by atoms with E-state index in [9.17, 15) is 4.79 Å². The van der Waals surface area contributed by atoms with Gasteiger partial charge in [0.05, 0.1) is 35.7 Å². The number of rotatable bonds is 3. The topological polar surface area (TPSA) is 61.9 Å². The van der Waals surface area contributed by atoms with Gasteiger partial charge in [0.1, 0.15) is 0 Å². The van der Waals surface area contributed by atoms with Crippen LogP contribution < -0.4 is 0 Å². The summed E-state index contributed by atoms with van der Waals surface area (Å²) in [6, 6.07) is 15.6. The van der Waals surface area contributed by atoms with E-state index in [1.165, 1.54) is 0 Å². The maximum Gasteiger partial charge on any atom is 0.256 e. The van der Waals surface area contributed by atoms with Crippen molar-refractivity contribution < 1.29 is 4.79 Å². The van der Waals surface area contributed by atoms with Gasteiger partial charge >= 0.3 is 0 Å². The molecule has 1 N–H and O–H groups in total. The van der Waals surface area contributed by atoms with Crippen LogP contribution in [0.3, 0.4) is 0 Å². The first kappa shape index (κ1) is 12.8. The van der Waals surface area contributed by atoms with Crippen molar-refractivity contribution in [2.75, 3.05) is 0 Å². The van der Waals surface area contributed by atoms with E-state index in [4.69, 9.17) is 0 Å². The molecule has 5 nitrogen and oxygen atoms in total. The van der Waals surface area contributed by atoms with E-state index in [1.807, 2.05) is 42.5 Å². The Morgan fingerprint density at radius 1 is 1.14 bits per heavy atom. The van der Waals surface area contributed by atoms with Crippen molar-refractivity contribution in [1.29, 1.82) is 0 Å². The predicted octanol–water partition coefficient (Wildman–Crippen LogP) is 2.63. The second-order valence-corrected chi connectivity index (χ2v) is 5.30. The lowest BCUT2D eigenvalue weighted by Gasteiger charge is -2.13. The summed E-state index contributed by atoms with van der Waals surface area (Å²) in [5, 5.41) is 7.34. The molecule has 3 heterocycles. The summed E-state index contributed by atoms with van der Waals surface area (Å²) in [5.41, 5.74) is 4.40. The third-order valence-corrected chi connectivity index (χ3v) is 3.81. The summed E-state index contributed by atoms with van der Waals surface area (Å²) < 4.78 is 0. The number of nitrogens with one attached hydrogen (secondary N) is 1. The Morgan fingerprint density at radius 3 is 2.82 bits per heavy atom. The molecule has 0 aliphatic carbocycles. The van der Waals surface area contributed by atoms with Crippen LogP contribution in [0.4, 0.5) is 0 Å². The van der Waals surface area contributed by atoms with Gasteiger partial charge in [-0.3, -0.25) is 14.9 Å². The summed E-state index contributed by atoms with van der Waals surface area (Å²) in [5.74, 6) is 0.0268. The van der Waals surface area contributed by atoms with Crippen molar-refractivity contribution >= 4 is 5.91 Å². The highest BCUT2D eigenvalue weighted by atomic mass is 16.2. The Kier molecular flexibility index (Phi) is 2.96. The standard InChI is InChI=1S/C17H14N4O/c22-17-14-7-4-8-18-16(14)11-21(17)10-13-9-15(20-19-13)12-5-2-1-3-6-12/h1-9H,10-11H2,(H,19,20). The molecule has 108 valence electrons. The van der Waals surface area contributed by atoms with Crippen LogP contribution in [0.2, 0.25) is 0 Å². The lowest BCUT2D eigenvalue weighted by Crippen LogP contribution is -2.23. The van der Waals surface area contributed by atoms with Crippen molar-refractivity contribution in [2.45, 2.75) is 13.1 Å². The number of benzene rings is 1. The van der Waals surface area contributed by atoms with Crippen LogP contribution in [-0.2, 0) is 13.1 Å². The summed E-state index contributed by atoms with van der Waals surface area (Å²) in [6.45, 7) is 1.06. The molecule has 0 spiro atoms. The highest BCUT2D eigenvalue weighted by molar-refractivity contribution is 5.97. The molecule has 3 aromatic rings. The minimum Gasteiger partial charge on any atom is -0.327 e. The summed E-state index contributed by atoms with van der Waals surface area (Å²) in [6.07, 6.45) is 1.72. The van der Waals surface area contributed by atoms with Gasteiger partial charge in [-0.1, -0.05) is 30.3 Å². The van der Waals surface area contributed by atoms with Crippen LogP contribution in [0.1, 0.15) is 21.7 Å². The van der Waals surface area contributed by atoms with Gasteiger partial charge in [0.15, 0.2) is 0 Å². The minimum atomic E-state index is 0.0268. The van der Waals surface area contributed by atoms with E-state index < -0.39 is 0 Å². The first-order valence-electron chi connectivity index (χ1n) is 7.14. The molecule has 1 amide bonds. The van der Waals surface area contributed by atoms with E-state index in [0.29, 0.717) is 18.7 Å². The van der Waals surface area contributed by atoms with Crippen molar-refractivity contribution in [2.24, 2.45) is 0 Å². The second-order valence-electron chi connectivity index (χ2n) is 5.30. The molecule has 1 aromatic carbocycles. The molecular formula is C17H14N4O. The Labute approximate surface area is 127 Å². The first-order chi connectivity index (χ1) is 10.8. The van der Waals surface area contributed by atoms with Crippen LogP contribution >= 0.6 is 0 Å². The number of hydrogen-bond acceptors (Lipinski definition) is 3. The average molecular weight is 290 g/mol. The smallest absolute Gasteiger partial charge is 0.256 e. The first-order valence-corrected chi connectivity index (χ1v) is 7.14. The maximum absolute atomic E-state index is 12.3. The molecule has 0 unspecified atom stereocenters. The van der Waals surface area contributed by atoms with E-state index in [0.717, 1.165) is 22.6 Å². The van der Waals surface area contributed by atoms with Crippen LogP contribution in [0.15, 0.2) is 54.7 Å². The van der Waals surface area contributed by atoms with Gasteiger partial charge in [0, 0.05) is 11.8 Å². The molecule has 22 heavy (non-hydrogen) atoms. The number of pyridine rings is 1. The lowest BCUT2D eigenvalue weighted by molar-refractivity contribution is 0.0764. The van der Waals surface area contributed by atoms with E-state index in [1.54, 1.807) is 17.2 Å². The van der Waals surface area contributed by atoms with Gasteiger partial charge in [0.2, 0.25) is 0 Å². The molecule has 5 heteroatoms. The Hall–Kier alpha value is -2.95. The second kappa shape index (κ2) is 5.11. The highest BCUT2D eigenvalue weighted by Crippen LogP contribution is 2.23. The SMILES string of the molecule is O=C1c2cccnc2CN1Cc1cc(-c2ccccc2)n[nH]1. The Balaban J connectivity index is 1.54. The number of H-pyrrole nitrogens is 1. The third-order valence-electron chi connectivity index (χ3n) is 3.81. The fourth-order valence-electron chi connectivity index (χ4n) is 2.71. The average Bonchev–Trinajstić information content (AvgIpc) is 3.15. The molecule has 0 saturated heterocycles. The minimum absolute atomic E-state index is 0.0268. The summed E-state index contributed by atoms with van der Waals surface area (Å²) >= 11 is 0. The van der Waals surface area contributed by atoms with Crippen molar-refractivity contribution in [3.05, 3.63) is 71.7 Å². The fraction of sp³-hybridized carbons (Fsp3) is 0.118. The third kappa shape index (κ3) is 2.16. The largest absolute Gasteiger partial charge is 0.327 e. The number of fused-ring (bicyclic) bond motifs is 1. The predicted molar refractivity (Wildman–Crippen MR) is 81.8 cm³/mol. The molecule has 0 fully saturated rings. The number of amides is 1. The zero-order chi connectivity index (χ0) is 14.9. The number of aromatic nitrogens is 3. The molecule has 0 radical (unpaired) electrons. The molecular weight excluding hydrogens is 276 g/mol. The van der Waals surface area contributed by atoms with Gasteiger partial charge in [-0.2, -0.15) is 5.10 Å². The van der Waals surface area contributed by atoms with Crippen molar-refractivity contribution in [3.8, 4) is 11.3 Å². The molecule has 1 aliphatic heterocycles. The number of nitrogens with zero attached hydrogens (tertiary/aromatic N) is 3. The zero-order valence-electron chi connectivity index (χ0n) is 11.9. The zero-order valence-corrected chi connectivity index (χ0v) is 11.9. The Morgan fingerprint density at radius 2 is 2.00 bits per heavy atom. The lowest BCUT2D eigenvalue weighted by atomic mass is 10.1. The molecule has 4 rings (SSSR count). The molecule has 0 bridgehead atoms. The number of hydrogen-bond donors (Lipinski definition) is 1. The molecule has 2 aromatic heterocycles. The van der Waals surface area contributed by atoms with Crippen LogP contribution in [0, 0.1) is 0 Å². The number of carbonyl (C=O) groups excluding carboxylic acids is 1. The number of carbonyl (C=O) groups is 1. The maximum atomic E-state index is 12.3. The van der Waals surface area contributed by atoms with Gasteiger partial charge in [-0.15, -0.1) is 0 Å². The highest BCUT2D eigenvalue weighted by Gasteiger charge is 2.28. The fourth-order valence-corrected chi connectivity index (χ4v) is 2.71. The van der Waals surface area contributed by atoms with Gasteiger partial charge in [-0.25, -0.2) is 0 Å². The van der Waals surface area contributed by atoms with E-state index in [2.05, 4.69) is 15.2 Å². The normalized spacial score (nSPS) is 13.5. The van der Waals surface area contributed by atoms with Crippen LogP contribution in [0.5, 0.6) is 0 Å². The van der Waals surface area contributed by atoms with Crippen molar-refractivity contribution in [1.82, 2.24) is 20.1 Å². The quantitative estimate of drug-likeness (QED) is 0.806. The monoisotopic (exact) mass is 290 g/mol. The van der Waals surface area contributed by atoms with Crippen molar-refractivity contribution in [3.63, 3.8) is 0 Å². The molecule has 0 saturated carbocycles. The Bertz CT molecular complexity index is 825. The summed E-state index contributed by atoms with van der Waals surface area (Å²) in [4.78, 5) is 18.4. The van der Waals surface area contributed by atoms with E-state index in [-0.39, 0.29) is 5.91 Å². The molecule has 1 aliphatic rings.